The fourth-order valence-electron chi connectivity index (χ4n) is 2.59. The van der Waals surface area contributed by atoms with E-state index in [1.54, 1.807) is 0 Å². The Morgan fingerprint density at radius 3 is 2.41 bits per heavy atom. The van der Waals surface area contributed by atoms with Gasteiger partial charge in [-0.1, -0.05) is 18.2 Å². The second-order valence-electron chi connectivity index (χ2n) is 5.93. The number of benzene rings is 1. The predicted octanol–water partition coefficient (Wildman–Crippen LogP) is -0.374. The molecule has 0 radical (unpaired) electrons. The van der Waals surface area contributed by atoms with Gasteiger partial charge in [-0.2, -0.15) is 0 Å². The molecule has 0 atom stereocenters. The first-order valence-corrected chi connectivity index (χ1v) is 7.78. The maximum Gasteiger partial charge on any atom is 0.321 e. The highest BCUT2D eigenvalue weighted by Gasteiger charge is 2.23. The van der Waals surface area contributed by atoms with Crippen LogP contribution in [0.2, 0.25) is 0 Å². The molecule has 0 aromatic heterocycles. The van der Waals surface area contributed by atoms with Crippen molar-refractivity contribution in [1.82, 2.24) is 10.6 Å². The Kier molecular flexibility index (Phi) is 5.77. The predicted molar refractivity (Wildman–Crippen MR) is 86.0 cm³/mol. The standard InChI is InChI=1S/C16H24N4O2/c1-13(2)17-16(22)18-15(21)12-19-8-10-20(11-9-19)14-6-4-3-5-7-14/h3-7,13H,8-12H2,1-2H3,(H2,17,18,21,22)/p+1. The zero-order chi connectivity index (χ0) is 15.9. The fourth-order valence-corrected chi connectivity index (χ4v) is 2.59. The Balaban J connectivity index is 1.73. The SMILES string of the molecule is CC(C)NC(=O)NC(=O)C[NH+]1CCN(c2ccccc2)CC1. The monoisotopic (exact) mass is 305 g/mol. The molecule has 1 aromatic rings. The number of piperazine rings is 1. The fraction of sp³-hybridized carbons (Fsp3) is 0.500. The lowest BCUT2D eigenvalue weighted by Crippen LogP contribution is -3.16. The van der Waals surface area contributed by atoms with Gasteiger partial charge in [0.15, 0.2) is 6.54 Å². The normalized spacial score (nSPS) is 15.7. The van der Waals surface area contributed by atoms with Gasteiger partial charge in [-0.15, -0.1) is 0 Å². The van der Waals surface area contributed by atoms with Gasteiger partial charge in [0.05, 0.1) is 26.2 Å². The maximum absolute atomic E-state index is 11.8. The highest BCUT2D eigenvalue weighted by molar-refractivity contribution is 5.94. The van der Waals surface area contributed by atoms with Crippen LogP contribution in [0.4, 0.5) is 10.5 Å². The van der Waals surface area contributed by atoms with Crippen molar-refractivity contribution in [2.75, 3.05) is 37.6 Å². The van der Waals surface area contributed by atoms with Gasteiger partial charge in [0.25, 0.3) is 5.91 Å². The molecule has 3 N–H and O–H groups in total. The number of nitrogens with zero attached hydrogens (tertiary/aromatic N) is 1. The first kappa shape index (κ1) is 16.3. The van der Waals surface area contributed by atoms with Gasteiger partial charge >= 0.3 is 6.03 Å². The molecule has 0 saturated carbocycles. The van der Waals surface area contributed by atoms with Gasteiger partial charge < -0.3 is 15.1 Å². The average molecular weight is 305 g/mol. The number of hydrogen-bond donors (Lipinski definition) is 3. The molecule has 2 rings (SSSR count). The first-order chi connectivity index (χ1) is 10.5. The number of quaternary nitrogens is 1. The number of carbonyl (C=O) groups is 2. The molecule has 0 spiro atoms. The molecule has 0 unspecified atom stereocenters. The second kappa shape index (κ2) is 7.79. The summed E-state index contributed by atoms with van der Waals surface area (Å²) in [6.45, 7) is 7.70. The van der Waals surface area contributed by atoms with Gasteiger partial charge in [0.2, 0.25) is 0 Å². The smallest absolute Gasteiger partial charge is 0.321 e. The second-order valence-corrected chi connectivity index (χ2v) is 5.93. The van der Waals surface area contributed by atoms with E-state index in [0.29, 0.717) is 6.54 Å². The molecule has 0 aliphatic carbocycles. The van der Waals surface area contributed by atoms with E-state index in [9.17, 15) is 9.59 Å². The number of anilines is 1. The number of para-hydroxylation sites is 1. The van der Waals surface area contributed by atoms with Crippen LogP contribution in [0.25, 0.3) is 0 Å². The van der Waals surface area contributed by atoms with Crippen LogP contribution < -0.4 is 20.4 Å². The van der Waals surface area contributed by atoms with Gasteiger partial charge in [-0.3, -0.25) is 10.1 Å². The van der Waals surface area contributed by atoms with E-state index in [4.69, 9.17) is 0 Å². The van der Waals surface area contributed by atoms with Crippen molar-refractivity contribution in [3.8, 4) is 0 Å². The average Bonchev–Trinajstić information content (AvgIpc) is 2.47. The number of carbonyl (C=O) groups excluding carboxylic acids is 2. The van der Waals surface area contributed by atoms with Crippen LogP contribution in [0.15, 0.2) is 30.3 Å². The third-order valence-corrected chi connectivity index (χ3v) is 3.68. The summed E-state index contributed by atoms with van der Waals surface area (Å²) in [6.07, 6.45) is 0. The molecule has 1 aromatic carbocycles. The first-order valence-electron chi connectivity index (χ1n) is 7.78. The van der Waals surface area contributed by atoms with E-state index in [0.717, 1.165) is 26.2 Å². The lowest BCUT2D eigenvalue weighted by molar-refractivity contribution is -0.892. The van der Waals surface area contributed by atoms with E-state index < -0.39 is 6.03 Å². The number of amides is 3. The van der Waals surface area contributed by atoms with Crippen molar-refractivity contribution in [1.29, 1.82) is 0 Å². The van der Waals surface area contributed by atoms with Crippen molar-refractivity contribution in [2.45, 2.75) is 19.9 Å². The highest BCUT2D eigenvalue weighted by Crippen LogP contribution is 2.12. The zero-order valence-corrected chi connectivity index (χ0v) is 13.3. The quantitative estimate of drug-likeness (QED) is 0.711. The Labute approximate surface area is 131 Å². The van der Waals surface area contributed by atoms with Crippen LogP contribution in [0.3, 0.4) is 0 Å². The lowest BCUT2D eigenvalue weighted by atomic mass is 10.2. The van der Waals surface area contributed by atoms with Crippen molar-refractivity contribution in [3.05, 3.63) is 30.3 Å². The van der Waals surface area contributed by atoms with Crippen LogP contribution in [0.5, 0.6) is 0 Å². The molecule has 1 saturated heterocycles. The molecule has 6 nitrogen and oxygen atoms in total. The summed E-state index contributed by atoms with van der Waals surface area (Å²) in [4.78, 5) is 26.9. The summed E-state index contributed by atoms with van der Waals surface area (Å²) < 4.78 is 0. The number of nitrogens with one attached hydrogen (secondary N) is 3. The Morgan fingerprint density at radius 1 is 1.18 bits per heavy atom. The van der Waals surface area contributed by atoms with E-state index in [-0.39, 0.29) is 11.9 Å². The van der Waals surface area contributed by atoms with Gasteiger partial charge in [0.1, 0.15) is 0 Å². The number of rotatable bonds is 4. The summed E-state index contributed by atoms with van der Waals surface area (Å²) >= 11 is 0. The minimum absolute atomic E-state index is 0.0227. The van der Waals surface area contributed by atoms with Crippen LogP contribution in [0.1, 0.15) is 13.8 Å². The topological polar surface area (TPSA) is 65.9 Å². The molecular weight excluding hydrogens is 280 g/mol. The van der Waals surface area contributed by atoms with Crippen LogP contribution in [-0.2, 0) is 4.79 Å². The molecule has 22 heavy (non-hydrogen) atoms. The highest BCUT2D eigenvalue weighted by atomic mass is 16.2. The third-order valence-electron chi connectivity index (χ3n) is 3.68. The summed E-state index contributed by atoms with van der Waals surface area (Å²) in [5.41, 5.74) is 1.22. The number of hydrogen-bond acceptors (Lipinski definition) is 3. The van der Waals surface area contributed by atoms with Crippen LogP contribution in [-0.4, -0.2) is 50.7 Å². The van der Waals surface area contributed by atoms with Crippen molar-refractivity contribution < 1.29 is 14.5 Å². The van der Waals surface area contributed by atoms with Gasteiger partial charge in [0, 0.05) is 11.7 Å². The summed E-state index contributed by atoms with van der Waals surface area (Å²) in [5, 5.41) is 5.03. The van der Waals surface area contributed by atoms with Crippen LogP contribution in [0, 0.1) is 0 Å². The van der Waals surface area contributed by atoms with Crippen molar-refractivity contribution >= 4 is 17.6 Å². The summed E-state index contributed by atoms with van der Waals surface area (Å²) in [7, 11) is 0. The zero-order valence-electron chi connectivity index (χ0n) is 13.3. The van der Waals surface area contributed by atoms with E-state index in [1.807, 2.05) is 32.0 Å². The molecule has 6 heteroatoms. The molecule has 1 aliphatic rings. The number of imide groups is 1. The van der Waals surface area contributed by atoms with Crippen LogP contribution >= 0.6 is 0 Å². The largest absolute Gasteiger partial charge is 0.360 e. The molecule has 0 bridgehead atoms. The molecule has 1 aliphatic heterocycles. The Hall–Kier alpha value is -2.08. The Morgan fingerprint density at radius 2 is 1.82 bits per heavy atom. The molecular formula is C16H25N4O2+. The van der Waals surface area contributed by atoms with E-state index >= 15 is 0 Å². The molecule has 3 amide bonds. The molecule has 1 heterocycles. The molecule has 120 valence electrons. The van der Waals surface area contributed by atoms with Crippen molar-refractivity contribution in [2.24, 2.45) is 0 Å². The van der Waals surface area contributed by atoms with E-state index in [2.05, 4.69) is 27.7 Å². The lowest BCUT2D eigenvalue weighted by Gasteiger charge is -2.33. The minimum Gasteiger partial charge on any atom is -0.360 e. The molecule has 1 fully saturated rings. The number of urea groups is 1. The maximum atomic E-state index is 11.8. The summed E-state index contributed by atoms with van der Waals surface area (Å²) in [5.74, 6) is -0.221. The Bertz CT molecular complexity index is 496. The van der Waals surface area contributed by atoms with Gasteiger partial charge in [-0.05, 0) is 26.0 Å². The third kappa shape index (κ3) is 5.04. The van der Waals surface area contributed by atoms with E-state index in [1.165, 1.54) is 10.6 Å². The minimum atomic E-state index is -0.415. The summed E-state index contributed by atoms with van der Waals surface area (Å²) in [6, 6.07) is 9.90. The van der Waals surface area contributed by atoms with Crippen molar-refractivity contribution in [3.63, 3.8) is 0 Å². The van der Waals surface area contributed by atoms with Gasteiger partial charge in [-0.25, -0.2) is 4.79 Å².